The van der Waals surface area contributed by atoms with Crippen molar-refractivity contribution in [1.82, 2.24) is 9.97 Å². The summed E-state index contributed by atoms with van der Waals surface area (Å²) in [7, 11) is 0. The lowest BCUT2D eigenvalue weighted by Crippen LogP contribution is -2.24. The van der Waals surface area contributed by atoms with Crippen molar-refractivity contribution in [3.63, 3.8) is 0 Å². The van der Waals surface area contributed by atoms with Crippen molar-refractivity contribution in [1.29, 1.82) is 0 Å². The van der Waals surface area contributed by atoms with Gasteiger partial charge in [0.05, 0.1) is 24.7 Å². The molecular formula is C10H15N3O. The van der Waals surface area contributed by atoms with Crippen molar-refractivity contribution in [3.8, 4) is 0 Å². The van der Waals surface area contributed by atoms with Crippen LogP contribution in [0.5, 0.6) is 0 Å². The molecule has 0 aliphatic carbocycles. The van der Waals surface area contributed by atoms with Gasteiger partial charge in [0.1, 0.15) is 6.33 Å². The van der Waals surface area contributed by atoms with Crippen molar-refractivity contribution in [2.75, 3.05) is 25.1 Å². The van der Waals surface area contributed by atoms with E-state index in [0.29, 0.717) is 5.92 Å². The van der Waals surface area contributed by atoms with Gasteiger partial charge < -0.3 is 10.1 Å². The molecule has 0 radical (unpaired) electrons. The van der Waals surface area contributed by atoms with Crippen LogP contribution in [-0.4, -0.2) is 29.7 Å². The zero-order chi connectivity index (χ0) is 9.64. The van der Waals surface area contributed by atoms with Crippen molar-refractivity contribution < 1.29 is 4.74 Å². The Balaban J connectivity index is 1.76. The predicted molar refractivity (Wildman–Crippen MR) is 54.1 cm³/mol. The maximum atomic E-state index is 5.40. The third kappa shape index (κ3) is 2.67. The molecule has 1 atom stereocenters. The summed E-state index contributed by atoms with van der Waals surface area (Å²) in [6.45, 7) is 2.75. The number of hydrogen-bond acceptors (Lipinski definition) is 4. The van der Waals surface area contributed by atoms with Gasteiger partial charge in [-0.1, -0.05) is 0 Å². The minimum absolute atomic E-state index is 0.629. The Morgan fingerprint density at radius 2 is 2.29 bits per heavy atom. The van der Waals surface area contributed by atoms with E-state index in [-0.39, 0.29) is 0 Å². The summed E-state index contributed by atoms with van der Waals surface area (Å²) in [6, 6.07) is 0. The first-order valence-electron chi connectivity index (χ1n) is 5.02. The van der Waals surface area contributed by atoms with Gasteiger partial charge in [-0.3, -0.25) is 0 Å². The fraction of sp³-hybridized carbons (Fsp3) is 0.600. The summed E-state index contributed by atoms with van der Waals surface area (Å²) in [5, 5.41) is 3.31. The molecule has 1 fully saturated rings. The number of nitrogens with one attached hydrogen (secondary N) is 1. The molecule has 0 saturated carbocycles. The number of ether oxygens (including phenoxy) is 1. The fourth-order valence-corrected chi connectivity index (χ4v) is 1.62. The highest BCUT2D eigenvalue weighted by Crippen LogP contribution is 2.14. The SMILES string of the molecule is c1ncc(NCC2CCCOC2)cn1. The molecule has 4 heteroatoms. The second kappa shape index (κ2) is 4.91. The first-order valence-corrected chi connectivity index (χ1v) is 5.02. The molecule has 2 rings (SSSR count). The molecule has 1 unspecified atom stereocenters. The van der Waals surface area contributed by atoms with E-state index in [9.17, 15) is 0 Å². The third-order valence-electron chi connectivity index (χ3n) is 2.41. The lowest BCUT2D eigenvalue weighted by atomic mass is 10.0. The van der Waals surface area contributed by atoms with E-state index in [2.05, 4.69) is 15.3 Å². The standard InChI is InChI=1S/C10H15N3O/c1-2-9(7-14-3-1)4-13-10-5-11-8-12-6-10/h5-6,8-9,13H,1-4,7H2. The maximum absolute atomic E-state index is 5.40. The molecule has 1 N–H and O–H groups in total. The molecule has 4 nitrogen and oxygen atoms in total. The Morgan fingerprint density at radius 3 is 3.00 bits per heavy atom. The fourth-order valence-electron chi connectivity index (χ4n) is 1.62. The minimum atomic E-state index is 0.629. The van der Waals surface area contributed by atoms with Crippen LogP contribution in [0.15, 0.2) is 18.7 Å². The number of rotatable bonds is 3. The second-order valence-corrected chi connectivity index (χ2v) is 3.59. The Morgan fingerprint density at radius 1 is 1.43 bits per heavy atom. The quantitative estimate of drug-likeness (QED) is 0.786. The van der Waals surface area contributed by atoms with Crippen LogP contribution >= 0.6 is 0 Å². The van der Waals surface area contributed by atoms with Gasteiger partial charge >= 0.3 is 0 Å². The molecule has 1 aliphatic rings. The molecule has 0 aromatic carbocycles. The molecule has 14 heavy (non-hydrogen) atoms. The molecule has 0 amide bonds. The summed E-state index contributed by atoms with van der Waals surface area (Å²) in [5.74, 6) is 0.629. The Hall–Kier alpha value is -1.16. The third-order valence-corrected chi connectivity index (χ3v) is 2.41. The minimum Gasteiger partial charge on any atom is -0.382 e. The summed E-state index contributed by atoms with van der Waals surface area (Å²) >= 11 is 0. The average Bonchev–Trinajstić information content (AvgIpc) is 2.29. The lowest BCUT2D eigenvalue weighted by molar-refractivity contribution is 0.0595. The smallest absolute Gasteiger partial charge is 0.115 e. The van der Waals surface area contributed by atoms with Crippen LogP contribution in [0.1, 0.15) is 12.8 Å². The largest absolute Gasteiger partial charge is 0.382 e. The Labute approximate surface area is 83.7 Å². The first-order chi connectivity index (χ1) is 6.95. The van der Waals surface area contributed by atoms with Gasteiger partial charge in [-0.15, -0.1) is 0 Å². The van der Waals surface area contributed by atoms with Crippen LogP contribution in [0.25, 0.3) is 0 Å². The Kier molecular flexibility index (Phi) is 3.29. The van der Waals surface area contributed by atoms with E-state index in [1.165, 1.54) is 19.2 Å². The van der Waals surface area contributed by atoms with Gasteiger partial charge in [0.25, 0.3) is 0 Å². The summed E-state index contributed by atoms with van der Waals surface area (Å²) < 4.78 is 5.40. The second-order valence-electron chi connectivity index (χ2n) is 3.59. The molecule has 2 heterocycles. The van der Waals surface area contributed by atoms with Crippen LogP contribution in [-0.2, 0) is 4.74 Å². The number of nitrogens with zero attached hydrogens (tertiary/aromatic N) is 2. The number of anilines is 1. The van der Waals surface area contributed by atoms with Gasteiger partial charge in [-0.25, -0.2) is 9.97 Å². The van der Waals surface area contributed by atoms with E-state index in [1.807, 2.05) is 0 Å². The molecule has 0 bridgehead atoms. The Bertz CT molecular complexity index is 259. The van der Waals surface area contributed by atoms with Crippen LogP contribution in [0.2, 0.25) is 0 Å². The molecule has 76 valence electrons. The van der Waals surface area contributed by atoms with E-state index in [0.717, 1.165) is 25.4 Å². The zero-order valence-electron chi connectivity index (χ0n) is 8.15. The number of hydrogen-bond donors (Lipinski definition) is 1. The van der Waals surface area contributed by atoms with E-state index < -0.39 is 0 Å². The summed E-state index contributed by atoms with van der Waals surface area (Å²) in [4.78, 5) is 7.89. The monoisotopic (exact) mass is 193 g/mol. The molecule has 1 aromatic rings. The van der Waals surface area contributed by atoms with Gasteiger partial charge in [-0.05, 0) is 18.8 Å². The zero-order valence-corrected chi connectivity index (χ0v) is 8.15. The summed E-state index contributed by atoms with van der Waals surface area (Å²) in [5.41, 5.74) is 0.984. The van der Waals surface area contributed by atoms with Gasteiger partial charge in [0.15, 0.2) is 0 Å². The van der Waals surface area contributed by atoms with Gasteiger partial charge in [0.2, 0.25) is 0 Å². The van der Waals surface area contributed by atoms with E-state index >= 15 is 0 Å². The van der Waals surface area contributed by atoms with E-state index in [4.69, 9.17) is 4.74 Å². The van der Waals surface area contributed by atoms with Crippen LogP contribution in [0.3, 0.4) is 0 Å². The molecule has 1 aliphatic heterocycles. The highest BCUT2D eigenvalue weighted by atomic mass is 16.5. The highest BCUT2D eigenvalue weighted by Gasteiger charge is 2.13. The molecular weight excluding hydrogens is 178 g/mol. The summed E-state index contributed by atoms with van der Waals surface area (Å²) in [6.07, 6.45) is 7.54. The molecule has 1 saturated heterocycles. The van der Waals surface area contributed by atoms with Crippen molar-refractivity contribution in [3.05, 3.63) is 18.7 Å². The first kappa shape index (κ1) is 9.40. The van der Waals surface area contributed by atoms with Crippen LogP contribution in [0, 0.1) is 5.92 Å². The van der Waals surface area contributed by atoms with Crippen molar-refractivity contribution in [2.24, 2.45) is 5.92 Å². The van der Waals surface area contributed by atoms with Gasteiger partial charge in [0, 0.05) is 13.2 Å². The predicted octanol–water partition coefficient (Wildman–Crippen LogP) is 1.32. The lowest BCUT2D eigenvalue weighted by Gasteiger charge is -2.22. The van der Waals surface area contributed by atoms with Crippen LogP contribution < -0.4 is 5.32 Å². The van der Waals surface area contributed by atoms with Gasteiger partial charge in [-0.2, -0.15) is 0 Å². The highest BCUT2D eigenvalue weighted by molar-refractivity contribution is 5.36. The van der Waals surface area contributed by atoms with Crippen molar-refractivity contribution in [2.45, 2.75) is 12.8 Å². The molecule has 0 spiro atoms. The number of aromatic nitrogens is 2. The maximum Gasteiger partial charge on any atom is 0.115 e. The topological polar surface area (TPSA) is 47.0 Å². The average molecular weight is 193 g/mol. The molecule has 1 aromatic heterocycles. The van der Waals surface area contributed by atoms with Crippen LogP contribution in [0.4, 0.5) is 5.69 Å². The van der Waals surface area contributed by atoms with Crippen molar-refractivity contribution >= 4 is 5.69 Å². The normalized spacial score (nSPS) is 21.9. The van der Waals surface area contributed by atoms with E-state index in [1.54, 1.807) is 12.4 Å².